The van der Waals surface area contributed by atoms with Crippen LogP contribution in [0.25, 0.3) is 16.2 Å². The number of fused-ring (bicyclic) bond motifs is 1. The van der Waals surface area contributed by atoms with Gasteiger partial charge in [0.05, 0.1) is 11.2 Å². The van der Waals surface area contributed by atoms with Gasteiger partial charge in [0.25, 0.3) is 0 Å². The minimum Gasteiger partial charge on any atom is -0.398 e. The maximum atomic E-state index is 14.7. The van der Waals surface area contributed by atoms with Crippen LogP contribution in [-0.4, -0.2) is 18.3 Å². The van der Waals surface area contributed by atoms with E-state index in [1.54, 1.807) is 17.4 Å². The quantitative estimate of drug-likeness (QED) is 0.713. The van der Waals surface area contributed by atoms with E-state index in [0.717, 1.165) is 20.5 Å². The topological polar surface area (TPSA) is 18.5 Å². The minimum atomic E-state index is -0.942. The van der Waals surface area contributed by atoms with E-state index in [4.69, 9.17) is 9.31 Å². The Kier molecular flexibility index (Phi) is 3.71. The third-order valence-corrected chi connectivity index (χ3v) is 5.68. The summed E-state index contributed by atoms with van der Waals surface area (Å²) in [5, 5.41) is 1.07. The largest absolute Gasteiger partial charge is 0.525 e. The summed E-state index contributed by atoms with van der Waals surface area (Å²) in [6, 6.07) is 8.04. The van der Waals surface area contributed by atoms with Crippen molar-refractivity contribution in [2.75, 3.05) is 0 Å². The van der Waals surface area contributed by atoms with E-state index in [0.29, 0.717) is 0 Å². The number of aryl methyl sites for hydroxylation is 1. The van der Waals surface area contributed by atoms with Gasteiger partial charge in [0.15, 0.2) is 0 Å². The Morgan fingerprint density at radius 1 is 1.14 bits per heavy atom. The molecule has 5 heteroatoms. The van der Waals surface area contributed by atoms with Crippen molar-refractivity contribution in [3.63, 3.8) is 0 Å². The van der Waals surface area contributed by atoms with E-state index in [-0.39, 0.29) is 5.73 Å². The van der Waals surface area contributed by atoms with E-state index in [1.807, 2.05) is 52.8 Å². The third-order valence-electron chi connectivity index (χ3n) is 4.58. The van der Waals surface area contributed by atoms with E-state index in [1.165, 1.54) is 0 Å². The SMILES string of the molecule is Cc1sc2ccccc2c1C=C(F)B1OC(C)(C)C(C)(C)O1. The molecule has 0 amide bonds. The molecule has 1 aliphatic rings. The summed E-state index contributed by atoms with van der Waals surface area (Å²) in [6.07, 6.45) is 1.55. The van der Waals surface area contributed by atoms with E-state index in [2.05, 4.69) is 6.07 Å². The maximum Gasteiger partial charge on any atom is 0.525 e. The first kappa shape index (κ1) is 15.7. The second-order valence-corrected chi connectivity index (χ2v) is 7.94. The molecule has 1 aromatic carbocycles. The highest BCUT2D eigenvalue weighted by molar-refractivity contribution is 7.19. The molecule has 0 bridgehead atoms. The fourth-order valence-electron chi connectivity index (χ4n) is 2.53. The highest BCUT2D eigenvalue weighted by Crippen LogP contribution is 2.40. The van der Waals surface area contributed by atoms with Crippen molar-refractivity contribution in [3.05, 3.63) is 40.4 Å². The van der Waals surface area contributed by atoms with Gasteiger partial charge in [-0.15, -0.1) is 11.3 Å². The van der Waals surface area contributed by atoms with Gasteiger partial charge in [-0.2, -0.15) is 0 Å². The van der Waals surface area contributed by atoms with Gasteiger partial charge in [-0.25, -0.2) is 4.39 Å². The molecule has 1 aromatic heterocycles. The van der Waals surface area contributed by atoms with Crippen molar-refractivity contribution in [2.45, 2.75) is 45.8 Å². The molecule has 0 N–H and O–H groups in total. The predicted molar refractivity (Wildman–Crippen MR) is 91.7 cm³/mol. The molecule has 22 heavy (non-hydrogen) atoms. The molecule has 0 radical (unpaired) electrons. The minimum absolute atomic E-state index is 0.384. The molecule has 0 saturated carbocycles. The van der Waals surface area contributed by atoms with Crippen LogP contribution in [-0.2, 0) is 9.31 Å². The molecule has 2 aromatic rings. The van der Waals surface area contributed by atoms with E-state index in [9.17, 15) is 4.39 Å². The van der Waals surface area contributed by atoms with Crippen LogP contribution in [0.5, 0.6) is 0 Å². The molecular formula is C17H20BFO2S. The summed E-state index contributed by atoms with van der Waals surface area (Å²) in [4.78, 5) is 1.09. The Bertz CT molecular complexity index is 732. The lowest BCUT2D eigenvalue weighted by Gasteiger charge is -2.32. The lowest BCUT2D eigenvalue weighted by Crippen LogP contribution is -2.41. The second kappa shape index (κ2) is 5.19. The summed E-state index contributed by atoms with van der Waals surface area (Å²) in [7, 11) is -0.942. The van der Waals surface area contributed by atoms with Crippen LogP contribution >= 0.6 is 11.3 Å². The van der Waals surface area contributed by atoms with Crippen LogP contribution in [0.15, 0.2) is 30.0 Å². The molecule has 0 atom stereocenters. The zero-order valence-corrected chi connectivity index (χ0v) is 14.4. The van der Waals surface area contributed by atoms with Crippen molar-refractivity contribution >= 4 is 34.6 Å². The molecule has 2 nitrogen and oxygen atoms in total. The van der Waals surface area contributed by atoms with Crippen LogP contribution < -0.4 is 0 Å². The fourth-order valence-corrected chi connectivity index (χ4v) is 3.57. The highest BCUT2D eigenvalue weighted by Gasteiger charge is 2.53. The van der Waals surface area contributed by atoms with E-state index >= 15 is 0 Å². The third kappa shape index (κ3) is 2.51. The van der Waals surface area contributed by atoms with Gasteiger partial charge in [0, 0.05) is 15.0 Å². The summed E-state index contributed by atoms with van der Waals surface area (Å²) < 4.78 is 27.4. The molecule has 0 unspecified atom stereocenters. The zero-order chi connectivity index (χ0) is 16.1. The van der Waals surface area contributed by atoms with Crippen LogP contribution in [0.3, 0.4) is 0 Å². The van der Waals surface area contributed by atoms with E-state index < -0.39 is 18.3 Å². The van der Waals surface area contributed by atoms with Gasteiger partial charge in [0.1, 0.15) is 5.73 Å². The van der Waals surface area contributed by atoms with Gasteiger partial charge in [-0.1, -0.05) is 18.2 Å². The van der Waals surface area contributed by atoms with Crippen molar-refractivity contribution in [1.29, 1.82) is 0 Å². The van der Waals surface area contributed by atoms with Crippen molar-refractivity contribution in [2.24, 2.45) is 0 Å². The summed E-state index contributed by atoms with van der Waals surface area (Å²) in [6.45, 7) is 9.70. The normalized spacial score (nSPS) is 20.8. The molecule has 0 spiro atoms. The summed E-state index contributed by atoms with van der Waals surface area (Å²) in [5.74, 6) is 0. The van der Waals surface area contributed by atoms with Gasteiger partial charge in [-0.05, 0) is 52.3 Å². The first-order valence-electron chi connectivity index (χ1n) is 7.42. The Morgan fingerprint density at radius 3 is 2.36 bits per heavy atom. The molecule has 0 aliphatic carbocycles. The van der Waals surface area contributed by atoms with Crippen molar-refractivity contribution < 1.29 is 13.7 Å². The Balaban J connectivity index is 1.97. The van der Waals surface area contributed by atoms with Crippen LogP contribution in [0.4, 0.5) is 4.39 Å². The number of halogens is 1. The molecule has 116 valence electrons. The molecule has 1 saturated heterocycles. The predicted octanol–water partition coefficient (Wildman–Crippen LogP) is 5.15. The Hall–Kier alpha value is -1.17. The van der Waals surface area contributed by atoms with Crippen LogP contribution in [0, 0.1) is 6.92 Å². The van der Waals surface area contributed by atoms with Crippen molar-refractivity contribution in [3.8, 4) is 0 Å². The molecule has 2 heterocycles. The monoisotopic (exact) mass is 318 g/mol. The van der Waals surface area contributed by atoms with Crippen molar-refractivity contribution in [1.82, 2.24) is 0 Å². The lowest BCUT2D eigenvalue weighted by atomic mass is 9.86. The van der Waals surface area contributed by atoms with Gasteiger partial charge in [0.2, 0.25) is 0 Å². The molecule has 1 aliphatic heterocycles. The number of benzene rings is 1. The Labute approximate surface area is 135 Å². The molecule has 3 rings (SSSR count). The van der Waals surface area contributed by atoms with Crippen LogP contribution in [0.1, 0.15) is 38.1 Å². The van der Waals surface area contributed by atoms with Gasteiger partial charge >= 0.3 is 7.12 Å². The molecular weight excluding hydrogens is 298 g/mol. The second-order valence-electron chi connectivity index (χ2n) is 6.69. The number of thiophene rings is 1. The highest BCUT2D eigenvalue weighted by atomic mass is 32.1. The number of hydrogen-bond acceptors (Lipinski definition) is 3. The maximum absolute atomic E-state index is 14.7. The number of hydrogen-bond donors (Lipinski definition) is 0. The fraction of sp³-hybridized carbons (Fsp3) is 0.412. The lowest BCUT2D eigenvalue weighted by molar-refractivity contribution is 0.00578. The van der Waals surface area contributed by atoms with Gasteiger partial charge < -0.3 is 9.31 Å². The first-order chi connectivity index (χ1) is 10.2. The summed E-state index contributed by atoms with van der Waals surface area (Å²) >= 11 is 1.67. The standard InChI is InChI=1S/C17H20BFO2S/c1-11-13(12-8-6-7-9-14(12)22-11)10-15(19)18-20-16(2,3)17(4,5)21-18/h6-10H,1-5H3. The van der Waals surface area contributed by atoms with Gasteiger partial charge in [-0.3, -0.25) is 0 Å². The average Bonchev–Trinajstić information content (AvgIpc) is 2.84. The first-order valence-corrected chi connectivity index (χ1v) is 8.24. The smallest absolute Gasteiger partial charge is 0.398 e. The average molecular weight is 318 g/mol. The Morgan fingerprint density at radius 2 is 1.73 bits per heavy atom. The van der Waals surface area contributed by atoms with Crippen LogP contribution in [0.2, 0.25) is 0 Å². The number of rotatable bonds is 2. The zero-order valence-electron chi connectivity index (χ0n) is 13.6. The molecule has 1 fully saturated rings. The summed E-state index contributed by atoms with van der Waals surface area (Å²) in [5.41, 5.74) is -0.540.